The number of benzene rings is 1. The fourth-order valence-electron chi connectivity index (χ4n) is 2.85. The Kier molecular flexibility index (Phi) is 8.46. The van der Waals surface area contributed by atoms with Crippen molar-refractivity contribution >= 4 is 21.6 Å². The van der Waals surface area contributed by atoms with E-state index in [-0.39, 0.29) is 5.75 Å². The number of pyridine rings is 2. The van der Waals surface area contributed by atoms with Crippen molar-refractivity contribution in [2.24, 2.45) is 0 Å². The number of rotatable bonds is 8. The summed E-state index contributed by atoms with van der Waals surface area (Å²) in [5, 5.41) is 3.30. The van der Waals surface area contributed by atoms with Crippen LogP contribution < -0.4 is 10.1 Å². The number of nitrogens with one attached hydrogen (secondary N) is 1. The number of hydrogen-bond acceptors (Lipinski definition) is 6. The third-order valence-corrected chi connectivity index (χ3v) is 5.48. The highest BCUT2D eigenvalue weighted by Gasteiger charge is 2.13. The standard InChI is InChI=1S/C22H20FN3O2S.C2H6/c1-27-11-10-24-13-15-6-7-17(26-14-15)21-12-18-22(29-21)20(8-9-25-18)28-19-5-3-2-4-16(19)23;1-2/h2-9,12,14,24H,10-11,13H2,1H3;1-2H3. The van der Waals surface area contributed by atoms with Crippen molar-refractivity contribution in [1.82, 2.24) is 15.3 Å². The molecule has 5 nitrogen and oxygen atoms in total. The minimum absolute atomic E-state index is 0.193. The van der Waals surface area contributed by atoms with Crippen LogP contribution in [0.15, 0.2) is 60.9 Å². The molecule has 1 N–H and O–H groups in total. The van der Waals surface area contributed by atoms with E-state index in [1.165, 1.54) is 17.4 Å². The summed E-state index contributed by atoms with van der Waals surface area (Å²) < 4.78 is 25.7. The normalized spacial score (nSPS) is 10.6. The first-order valence-electron chi connectivity index (χ1n) is 10.2. The van der Waals surface area contributed by atoms with E-state index in [0.717, 1.165) is 39.4 Å². The van der Waals surface area contributed by atoms with Crippen LogP contribution in [0.4, 0.5) is 4.39 Å². The zero-order chi connectivity index (χ0) is 22.1. The van der Waals surface area contributed by atoms with E-state index >= 15 is 0 Å². The maximum absolute atomic E-state index is 14.0. The molecule has 0 amide bonds. The summed E-state index contributed by atoms with van der Waals surface area (Å²) >= 11 is 1.53. The van der Waals surface area contributed by atoms with Crippen LogP contribution in [0.25, 0.3) is 20.8 Å². The zero-order valence-corrected chi connectivity index (χ0v) is 18.7. The summed E-state index contributed by atoms with van der Waals surface area (Å²) in [5.74, 6) is 0.374. The molecule has 7 heteroatoms. The Morgan fingerprint density at radius 2 is 1.87 bits per heavy atom. The van der Waals surface area contributed by atoms with Crippen LogP contribution in [0.3, 0.4) is 0 Å². The van der Waals surface area contributed by atoms with Crippen molar-refractivity contribution in [3.63, 3.8) is 0 Å². The van der Waals surface area contributed by atoms with Crippen LogP contribution in [0.5, 0.6) is 11.5 Å². The topological polar surface area (TPSA) is 56.3 Å². The fourth-order valence-corrected chi connectivity index (χ4v) is 3.89. The van der Waals surface area contributed by atoms with Gasteiger partial charge in [0.2, 0.25) is 0 Å². The summed E-state index contributed by atoms with van der Waals surface area (Å²) in [6.07, 6.45) is 3.53. The molecule has 162 valence electrons. The van der Waals surface area contributed by atoms with Crippen LogP contribution >= 0.6 is 11.3 Å². The Morgan fingerprint density at radius 1 is 1.03 bits per heavy atom. The lowest BCUT2D eigenvalue weighted by Gasteiger charge is -2.06. The van der Waals surface area contributed by atoms with Gasteiger partial charge in [0, 0.05) is 38.7 Å². The third-order valence-electron chi connectivity index (χ3n) is 4.32. The summed E-state index contributed by atoms with van der Waals surface area (Å²) in [6.45, 7) is 6.22. The predicted molar refractivity (Wildman–Crippen MR) is 124 cm³/mol. The minimum Gasteiger partial charge on any atom is -0.453 e. The molecule has 0 spiro atoms. The first-order chi connectivity index (χ1) is 15.2. The second kappa shape index (κ2) is 11.5. The lowest BCUT2D eigenvalue weighted by Crippen LogP contribution is -2.18. The van der Waals surface area contributed by atoms with Crippen LogP contribution in [-0.4, -0.2) is 30.2 Å². The van der Waals surface area contributed by atoms with Crippen molar-refractivity contribution in [2.45, 2.75) is 20.4 Å². The van der Waals surface area contributed by atoms with Crippen molar-refractivity contribution in [3.8, 4) is 22.1 Å². The highest BCUT2D eigenvalue weighted by molar-refractivity contribution is 7.22. The molecule has 0 radical (unpaired) electrons. The molecule has 0 saturated carbocycles. The fraction of sp³-hybridized carbons (Fsp3) is 0.250. The number of methoxy groups -OCH3 is 1. The van der Waals surface area contributed by atoms with E-state index in [1.54, 1.807) is 37.6 Å². The molecule has 0 atom stereocenters. The van der Waals surface area contributed by atoms with E-state index in [4.69, 9.17) is 9.47 Å². The van der Waals surface area contributed by atoms with Gasteiger partial charge in [-0.2, -0.15) is 0 Å². The molecule has 0 fully saturated rings. The molecule has 0 bridgehead atoms. The Bertz CT molecular complexity index is 1100. The van der Waals surface area contributed by atoms with E-state index in [1.807, 2.05) is 32.2 Å². The molecule has 0 aliphatic heterocycles. The third kappa shape index (κ3) is 5.85. The summed E-state index contributed by atoms with van der Waals surface area (Å²) in [5.41, 5.74) is 2.77. The van der Waals surface area contributed by atoms with Gasteiger partial charge < -0.3 is 14.8 Å². The Morgan fingerprint density at radius 3 is 2.61 bits per heavy atom. The number of ether oxygens (including phenoxy) is 2. The molecular weight excluding hydrogens is 413 g/mol. The maximum atomic E-state index is 14.0. The highest BCUT2D eigenvalue weighted by Crippen LogP contribution is 2.38. The van der Waals surface area contributed by atoms with E-state index in [0.29, 0.717) is 12.4 Å². The van der Waals surface area contributed by atoms with Crippen molar-refractivity contribution in [1.29, 1.82) is 0 Å². The molecule has 0 saturated heterocycles. The minimum atomic E-state index is -0.398. The van der Waals surface area contributed by atoms with Crippen LogP contribution in [0.1, 0.15) is 19.4 Å². The number of halogens is 1. The Labute approximate surface area is 185 Å². The molecule has 31 heavy (non-hydrogen) atoms. The number of aromatic nitrogens is 2. The van der Waals surface area contributed by atoms with Gasteiger partial charge in [0.1, 0.15) is 5.75 Å². The van der Waals surface area contributed by atoms with Crippen molar-refractivity contribution < 1.29 is 13.9 Å². The van der Waals surface area contributed by atoms with Gasteiger partial charge in [0.05, 0.1) is 27.4 Å². The number of fused-ring (bicyclic) bond motifs is 1. The van der Waals surface area contributed by atoms with Gasteiger partial charge in [-0.05, 0) is 29.8 Å². The average Bonchev–Trinajstić information content (AvgIpc) is 3.25. The molecule has 0 aliphatic carbocycles. The molecule has 0 unspecified atom stereocenters. The first kappa shape index (κ1) is 22.8. The second-order valence-electron chi connectivity index (χ2n) is 6.39. The largest absolute Gasteiger partial charge is 0.453 e. The van der Waals surface area contributed by atoms with Crippen molar-refractivity contribution in [3.05, 3.63) is 72.3 Å². The molecule has 4 aromatic rings. The quantitative estimate of drug-likeness (QED) is 0.339. The Hall–Kier alpha value is -2.87. The van der Waals surface area contributed by atoms with Crippen molar-refractivity contribution in [2.75, 3.05) is 20.3 Å². The molecule has 3 aromatic heterocycles. The lowest BCUT2D eigenvalue weighted by molar-refractivity contribution is 0.199. The van der Waals surface area contributed by atoms with Crippen LogP contribution in [0.2, 0.25) is 0 Å². The summed E-state index contributed by atoms with van der Waals surface area (Å²) in [7, 11) is 1.69. The van der Waals surface area contributed by atoms with E-state index in [2.05, 4.69) is 21.4 Å². The van der Waals surface area contributed by atoms with Gasteiger partial charge in [-0.25, -0.2) is 4.39 Å². The number of nitrogens with zero attached hydrogens (tertiary/aromatic N) is 2. The van der Waals surface area contributed by atoms with E-state index < -0.39 is 5.82 Å². The first-order valence-corrected chi connectivity index (χ1v) is 11.0. The number of para-hydroxylation sites is 1. The lowest BCUT2D eigenvalue weighted by atomic mass is 10.2. The SMILES string of the molecule is CC.COCCNCc1ccc(-c2cc3nccc(Oc4ccccc4F)c3s2)nc1. The molecule has 1 aromatic carbocycles. The van der Waals surface area contributed by atoms with Crippen LogP contribution in [0, 0.1) is 5.82 Å². The van der Waals surface area contributed by atoms with E-state index in [9.17, 15) is 4.39 Å². The zero-order valence-electron chi connectivity index (χ0n) is 17.9. The molecule has 4 rings (SSSR count). The monoisotopic (exact) mass is 439 g/mol. The molecule has 0 aliphatic rings. The predicted octanol–water partition coefficient (Wildman–Crippen LogP) is 6.05. The number of hydrogen-bond donors (Lipinski definition) is 1. The number of thiophene rings is 1. The van der Waals surface area contributed by atoms with Gasteiger partial charge in [-0.15, -0.1) is 11.3 Å². The maximum Gasteiger partial charge on any atom is 0.165 e. The summed E-state index contributed by atoms with van der Waals surface area (Å²) in [6, 6.07) is 14.1. The molecular formula is C24H26FN3O2S. The van der Waals surface area contributed by atoms with Gasteiger partial charge in [0.15, 0.2) is 11.6 Å². The van der Waals surface area contributed by atoms with Gasteiger partial charge in [0.25, 0.3) is 0 Å². The van der Waals surface area contributed by atoms with Gasteiger partial charge in [-0.3, -0.25) is 9.97 Å². The highest BCUT2D eigenvalue weighted by atomic mass is 32.1. The Balaban J connectivity index is 0.00000132. The van der Waals surface area contributed by atoms with Gasteiger partial charge >= 0.3 is 0 Å². The summed E-state index contributed by atoms with van der Waals surface area (Å²) in [4.78, 5) is 9.98. The van der Waals surface area contributed by atoms with Crippen LogP contribution in [-0.2, 0) is 11.3 Å². The molecule has 3 heterocycles. The smallest absolute Gasteiger partial charge is 0.165 e. The van der Waals surface area contributed by atoms with Gasteiger partial charge in [-0.1, -0.05) is 32.0 Å². The second-order valence-corrected chi connectivity index (χ2v) is 7.44. The average molecular weight is 440 g/mol.